The molecule has 0 bridgehead atoms. The third kappa shape index (κ3) is 2.16. The molecule has 1 aromatic carbocycles. The molecule has 0 unspecified atom stereocenters. The molecule has 0 saturated heterocycles. The molecule has 0 fully saturated rings. The fraction of sp³-hybridized carbons (Fsp3) is 0.385. The van der Waals surface area contributed by atoms with Gasteiger partial charge in [0.25, 0.3) is 0 Å². The predicted molar refractivity (Wildman–Crippen MR) is 64.0 cm³/mol. The van der Waals surface area contributed by atoms with E-state index < -0.39 is 11.4 Å². The standard InChI is InChI=1S/C13H15NO3/c1-8-14-10-6-4-5-9(12(10)17-8)13(2,3)7-11(15)16/h4-6H,7H2,1-3H3,(H,15,16). The van der Waals surface area contributed by atoms with Crippen molar-refractivity contribution in [3.05, 3.63) is 29.7 Å². The molecule has 1 heterocycles. The summed E-state index contributed by atoms with van der Waals surface area (Å²) in [5.41, 5.74) is 1.88. The Morgan fingerprint density at radius 3 is 2.82 bits per heavy atom. The molecule has 0 spiro atoms. The van der Waals surface area contributed by atoms with Crippen LogP contribution in [0.15, 0.2) is 22.6 Å². The lowest BCUT2D eigenvalue weighted by Crippen LogP contribution is -2.21. The fourth-order valence-electron chi connectivity index (χ4n) is 2.07. The Morgan fingerprint density at radius 1 is 1.47 bits per heavy atom. The van der Waals surface area contributed by atoms with Crippen LogP contribution in [0.2, 0.25) is 0 Å². The second kappa shape index (κ2) is 3.87. The highest BCUT2D eigenvalue weighted by Gasteiger charge is 2.27. The average Bonchev–Trinajstić information content (AvgIpc) is 2.54. The number of aromatic nitrogens is 1. The number of fused-ring (bicyclic) bond motifs is 1. The van der Waals surface area contributed by atoms with Crippen molar-refractivity contribution in [3.8, 4) is 0 Å². The Labute approximate surface area is 99.3 Å². The van der Waals surface area contributed by atoms with Crippen LogP contribution in [0.1, 0.15) is 31.7 Å². The van der Waals surface area contributed by atoms with Crippen LogP contribution in [-0.4, -0.2) is 16.1 Å². The van der Waals surface area contributed by atoms with Gasteiger partial charge in [-0.3, -0.25) is 4.79 Å². The number of hydrogen-bond acceptors (Lipinski definition) is 3. The summed E-state index contributed by atoms with van der Waals surface area (Å²) in [7, 11) is 0. The summed E-state index contributed by atoms with van der Waals surface area (Å²) in [4.78, 5) is 15.1. The average molecular weight is 233 g/mol. The minimum atomic E-state index is -0.816. The van der Waals surface area contributed by atoms with E-state index >= 15 is 0 Å². The summed E-state index contributed by atoms with van der Waals surface area (Å²) in [6.45, 7) is 5.58. The molecule has 4 nitrogen and oxygen atoms in total. The maximum atomic E-state index is 10.9. The van der Waals surface area contributed by atoms with E-state index in [1.807, 2.05) is 32.0 Å². The third-order valence-corrected chi connectivity index (χ3v) is 2.84. The van der Waals surface area contributed by atoms with Gasteiger partial charge in [0.2, 0.25) is 0 Å². The topological polar surface area (TPSA) is 63.3 Å². The van der Waals surface area contributed by atoms with Crippen LogP contribution in [0.3, 0.4) is 0 Å². The van der Waals surface area contributed by atoms with Crippen LogP contribution in [0.4, 0.5) is 0 Å². The molecule has 2 aromatic rings. The quantitative estimate of drug-likeness (QED) is 0.885. The van der Waals surface area contributed by atoms with Crippen LogP contribution >= 0.6 is 0 Å². The number of oxazole rings is 1. The molecular formula is C13H15NO3. The summed E-state index contributed by atoms with van der Waals surface area (Å²) < 4.78 is 5.56. The number of rotatable bonds is 3. The molecule has 17 heavy (non-hydrogen) atoms. The first kappa shape index (κ1) is 11.6. The molecule has 1 aromatic heterocycles. The van der Waals surface area contributed by atoms with Crippen LogP contribution in [0.5, 0.6) is 0 Å². The van der Waals surface area contributed by atoms with Gasteiger partial charge in [-0.05, 0) is 6.07 Å². The molecule has 1 N–H and O–H groups in total. The van der Waals surface area contributed by atoms with Gasteiger partial charge in [-0.25, -0.2) is 4.98 Å². The van der Waals surface area contributed by atoms with Gasteiger partial charge in [0.15, 0.2) is 11.5 Å². The van der Waals surface area contributed by atoms with E-state index in [1.54, 1.807) is 6.92 Å². The van der Waals surface area contributed by atoms with E-state index in [4.69, 9.17) is 9.52 Å². The minimum absolute atomic E-state index is 0.0614. The van der Waals surface area contributed by atoms with Crippen molar-refractivity contribution in [2.75, 3.05) is 0 Å². The SMILES string of the molecule is Cc1nc2cccc(C(C)(C)CC(=O)O)c2o1. The normalized spacial score (nSPS) is 11.9. The summed E-state index contributed by atoms with van der Waals surface area (Å²) >= 11 is 0. The summed E-state index contributed by atoms with van der Waals surface area (Å²) in [6.07, 6.45) is 0.0614. The van der Waals surface area contributed by atoms with E-state index in [9.17, 15) is 4.79 Å². The fourth-order valence-corrected chi connectivity index (χ4v) is 2.07. The van der Waals surface area contributed by atoms with Gasteiger partial charge in [-0.1, -0.05) is 26.0 Å². The van der Waals surface area contributed by atoms with E-state index in [0.717, 1.165) is 11.1 Å². The van der Waals surface area contributed by atoms with E-state index in [0.29, 0.717) is 11.5 Å². The van der Waals surface area contributed by atoms with Gasteiger partial charge in [0.1, 0.15) is 5.52 Å². The van der Waals surface area contributed by atoms with Crippen molar-refractivity contribution in [1.82, 2.24) is 4.98 Å². The smallest absolute Gasteiger partial charge is 0.304 e. The van der Waals surface area contributed by atoms with Gasteiger partial charge >= 0.3 is 5.97 Å². The van der Waals surface area contributed by atoms with Crippen molar-refractivity contribution in [1.29, 1.82) is 0 Å². The Kier molecular flexibility index (Phi) is 2.65. The summed E-state index contributed by atoms with van der Waals surface area (Å²) in [5, 5.41) is 8.94. The molecule has 0 saturated carbocycles. The molecule has 0 radical (unpaired) electrons. The number of benzene rings is 1. The van der Waals surface area contributed by atoms with Crippen LogP contribution in [0.25, 0.3) is 11.1 Å². The summed E-state index contributed by atoms with van der Waals surface area (Å²) in [6, 6.07) is 5.64. The molecule has 0 aliphatic heterocycles. The molecule has 0 aliphatic carbocycles. The number of para-hydroxylation sites is 1. The lowest BCUT2D eigenvalue weighted by atomic mass is 9.81. The second-order valence-corrected chi connectivity index (χ2v) is 4.84. The number of carboxylic acids is 1. The number of nitrogens with zero attached hydrogens (tertiary/aromatic N) is 1. The van der Waals surface area contributed by atoms with Gasteiger partial charge in [0, 0.05) is 17.9 Å². The van der Waals surface area contributed by atoms with Gasteiger partial charge < -0.3 is 9.52 Å². The third-order valence-electron chi connectivity index (χ3n) is 2.84. The highest BCUT2D eigenvalue weighted by molar-refractivity contribution is 5.79. The monoisotopic (exact) mass is 233 g/mol. The lowest BCUT2D eigenvalue weighted by molar-refractivity contribution is -0.138. The zero-order chi connectivity index (χ0) is 12.6. The largest absolute Gasteiger partial charge is 0.481 e. The lowest BCUT2D eigenvalue weighted by Gasteiger charge is -2.22. The van der Waals surface area contributed by atoms with Gasteiger partial charge in [-0.15, -0.1) is 0 Å². The molecule has 0 aliphatic rings. The molecule has 0 amide bonds. The maximum Gasteiger partial charge on any atom is 0.304 e. The Morgan fingerprint density at radius 2 is 2.18 bits per heavy atom. The zero-order valence-corrected chi connectivity index (χ0v) is 10.2. The molecular weight excluding hydrogens is 218 g/mol. The second-order valence-electron chi connectivity index (χ2n) is 4.84. The highest BCUT2D eigenvalue weighted by Crippen LogP contribution is 2.33. The Hall–Kier alpha value is -1.84. The number of carboxylic acid groups (broad SMARTS) is 1. The minimum Gasteiger partial charge on any atom is -0.481 e. The molecule has 2 rings (SSSR count). The first-order valence-electron chi connectivity index (χ1n) is 5.48. The highest BCUT2D eigenvalue weighted by atomic mass is 16.4. The Bertz CT molecular complexity index is 569. The van der Waals surface area contributed by atoms with E-state index in [-0.39, 0.29) is 6.42 Å². The number of aliphatic carboxylic acids is 1. The molecule has 0 atom stereocenters. The number of hydrogen-bond donors (Lipinski definition) is 1. The van der Waals surface area contributed by atoms with E-state index in [1.165, 1.54) is 0 Å². The maximum absolute atomic E-state index is 10.9. The van der Waals surface area contributed by atoms with Crippen LogP contribution in [0, 0.1) is 6.92 Å². The number of carbonyl (C=O) groups is 1. The van der Waals surface area contributed by atoms with Crippen molar-refractivity contribution < 1.29 is 14.3 Å². The summed E-state index contributed by atoms with van der Waals surface area (Å²) in [5.74, 6) is -0.221. The van der Waals surface area contributed by atoms with Crippen LogP contribution in [-0.2, 0) is 10.2 Å². The van der Waals surface area contributed by atoms with Crippen LogP contribution < -0.4 is 0 Å². The van der Waals surface area contributed by atoms with Crippen molar-refractivity contribution in [2.24, 2.45) is 0 Å². The van der Waals surface area contributed by atoms with Crippen molar-refractivity contribution >= 4 is 17.1 Å². The van der Waals surface area contributed by atoms with Gasteiger partial charge in [0.05, 0.1) is 6.42 Å². The first-order chi connectivity index (χ1) is 7.90. The van der Waals surface area contributed by atoms with E-state index in [2.05, 4.69) is 4.98 Å². The Balaban J connectivity index is 2.57. The first-order valence-corrected chi connectivity index (χ1v) is 5.48. The van der Waals surface area contributed by atoms with Crippen molar-refractivity contribution in [3.63, 3.8) is 0 Å². The molecule has 4 heteroatoms. The van der Waals surface area contributed by atoms with Crippen molar-refractivity contribution in [2.45, 2.75) is 32.6 Å². The zero-order valence-electron chi connectivity index (χ0n) is 10.2. The van der Waals surface area contributed by atoms with Gasteiger partial charge in [-0.2, -0.15) is 0 Å². The molecule has 90 valence electrons. The predicted octanol–water partition coefficient (Wildman–Crippen LogP) is 2.89. The number of aryl methyl sites for hydroxylation is 1.